The maximum absolute atomic E-state index is 11.5. The van der Waals surface area contributed by atoms with E-state index in [4.69, 9.17) is 10.00 Å². The molecular weight excluding hydrogens is 230 g/mol. The summed E-state index contributed by atoms with van der Waals surface area (Å²) in [6.45, 7) is 5.46. The first-order valence-corrected chi connectivity index (χ1v) is 6.11. The molecule has 80 valence electrons. The molecule has 0 aliphatic carbocycles. The number of ether oxygens (including phenoxy) is 1. The zero-order valence-corrected chi connectivity index (χ0v) is 10.4. The predicted molar refractivity (Wildman–Crippen MR) is 62.8 cm³/mol. The van der Waals surface area contributed by atoms with Crippen molar-refractivity contribution in [2.24, 2.45) is 0 Å². The number of hydrogen-bond acceptors (Lipinski definition) is 5. The molecule has 0 N–H and O–H groups in total. The number of rotatable bonds is 2. The van der Waals surface area contributed by atoms with Crippen molar-refractivity contribution in [3.8, 4) is 6.07 Å². The van der Waals surface area contributed by atoms with Gasteiger partial charge in [-0.1, -0.05) is 23.5 Å². The van der Waals surface area contributed by atoms with Crippen molar-refractivity contribution in [3.05, 3.63) is 20.1 Å². The first-order chi connectivity index (χ1) is 7.04. The minimum Gasteiger partial charge on any atom is -0.459 e. The summed E-state index contributed by atoms with van der Waals surface area (Å²) in [6.07, 6.45) is -0.202. The first kappa shape index (κ1) is 12.2. The van der Waals surface area contributed by atoms with E-state index in [1.54, 1.807) is 13.8 Å². The van der Waals surface area contributed by atoms with E-state index in [0.717, 1.165) is 4.91 Å². The molecule has 0 aromatic carbocycles. The average molecular weight is 241 g/mol. The van der Waals surface area contributed by atoms with Gasteiger partial charge < -0.3 is 4.74 Å². The van der Waals surface area contributed by atoms with Crippen molar-refractivity contribution in [2.75, 3.05) is 0 Å². The first-order valence-electron chi connectivity index (χ1n) is 4.41. The molecular formula is C10H11NO2S2. The standard InChI is InChI=1S/C10H11NO2S2/c1-6(2)13-9(12)8(4-11)10-14-5-7(3)15-10/h5-6H,1-3H3. The molecule has 1 rings (SSSR count). The summed E-state index contributed by atoms with van der Waals surface area (Å²) < 4.78 is 5.69. The van der Waals surface area contributed by atoms with Crippen LogP contribution in [0.2, 0.25) is 0 Å². The number of nitrogens with zero attached hydrogens (tertiary/aromatic N) is 1. The van der Waals surface area contributed by atoms with Crippen LogP contribution in [-0.2, 0) is 9.53 Å². The number of nitriles is 1. The van der Waals surface area contributed by atoms with Crippen LogP contribution in [0.15, 0.2) is 20.1 Å². The summed E-state index contributed by atoms with van der Waals surface area (Å²) in [7, 11) is 0. The van der Waals surface area contributed by atoms with Crippen LogP contribution < -0.4 is 0 Å². The van der Waals surface area contributed by atoms with E-state index in [-0.39, 0.29) is 11.7 Å². The van der Waals surface area contributed by atoms with E-state index in [9.17, 15) is 4.79 Å². The van der Waals surface area contributed by atoms with Crippen LogP contribution in [0.1, 0.15) is 20.8 Å². The second-order valence-electron chi connectivity index (χ2n) is 3.18. The van der Waals surface area contributed by atoms with E-state index in [1.165, 1.54) is 23.5 Å². The van der Waals surface area contributed by atoms with Gasteiger partial charge in [-0.25, -0.2) is 4.79 Å². The van der Waals surface area contributed by atoms with Crippen molar-refractivity contribution in [1.82, 2.24) is 0 Å². The van der Waals surface area contributed by atoms with Gasteiger partial charge in [0.25, 0.3) is 0 Å². The monoisotopic (exact) mass is 241 g/mol. The van der Waals surface area contributed by atoms with Gasteiger partial charge in [0.2, 0.25) is 0 Å². The maximum atomic E-state index is 11.5. The molecule has 5 heteroatoms. The Morgan fingerprint density at radius 2 is 2.27 bits per heavy atom. The van der Waals surface area contributed by atoms with Crippen LogP contribution in [0.4, 0.5) is 0 Å². The van der Waals surface area contributed by atoms with Crippen molar-refractivity contribution in [1.29, 1.82) is 5.26 Å². The molecule has 0 fully saturated rings. The van der Waals surface area contributed by atoms with Gasteiger partial charge in [-0.3, -0.25) is 0 Å². The molecule has 0 bridgehead atoms. The highest BCUT2D eigenvalue weighted by atomic mass is 32.2. The molecule has 1 aliphatic heterocycles. The Morgan fingerprint density at radius 1 is 1.60 bits per heavy atom. The Labute approximate surface area is 97.6 Å². The second-order valence-corrected chi connectivity index (χ2v) is 5.57. The van der Waals surface area contributed by atoms with Gasteiger partial charge in [0.1, 0.15) is 6.07 Å². The van der Waals surface area contributed by atoms with Gasteiger partial charge in [0.15, 0.2) is 5.57 Å². The SMILES string of the molecule is CC1=CSC(=C(C#N)C(=O)OC(C)C)S1. The van der Waals surface area contributed by atoms with Gasteiger partial charge in [0, 0.05) is 0 Å². The quantitative estimate of drug-likeness (QED) is 0.422. The number of carbonyl (C=O) groups is 1. The van der Waals surface area contributed by atoms with E-state index < -0.39 is 5.97 Å². The number of allylic oxidation sites excluding steroid dienone is 1. The van der Waals surface area contributed by atoms with Crippen LogP contribution in [0.3, 0.4) is 0 Å². The largest absolute Gasteiger partial charge is 0.459 e. The predicted octanol–water partition coefficient (Wildman–Crippen LogP) is 3.01. The highest BCUT2D eigenvalue weighted by molar-refractivity contribution is 8.28. The van der Waals surface area contributed by atoms with Gasteiger partial charge in [-0.05, 0) is 31.1 Å². The van der Waals surface area contributed by atoms with Crippen molar-refractivity contribution in [2.45, 2.75) is 26.9 Å². The lowest BCUT2D eigenvalue weighted by atomic mass is 10.3. The van der Waals surface area contributed by atoms with E-state index in [2.05, 4.69) is 0 Å². The highest BCUT2D eigenvalue weighted by Gasteiger charge is 2.21. The summed E-state index contributed by atoms with van der Waals surface area (Å²) in [5.74, 6) is -0.536. The molecule has 15 heavy (non-hydrogen) atoms. The molecule has 0 radical (unpaired) electrons. The minimum absolute atomic E-state index is 0.104. The van der Waals surface area contributed by atoms with E-state index >= 15 is 0 Å². The number of carbonyl (C=O) groups excluding carboxylic acids is 1. The molecule has 1 heterocycles. The topological polar surface area (TPSA) is 50.1 Å². The van der Waals surface area contributed by atoms with Crippen LogP contribution in [0, 0.1) is 11.3 Å². The molecule has 0 saturated carbocycles. The molecule has 0 unspecified atom stereocenters. The molecule has 0 saturated heterocycles. The van der Waals surface area contributed by atoms with Crippen LogP contribution in [0.25, 0.3) is 0 Å². The number of thioether (sulfide) groups is 2. The zero-order valence-electron chi connectivity index (χ0n) is 8.73. The molecule has 3 nitrogen and oxygen atoms in total. The molecule has 0 amide bonds. The van der Waals surface area contributed by atoms with E-state index in [1.807, 2.05) is 18.4 Å². The number of hydrogen-bond donors (Lipinski definition) is 0. The van der Waals surface area contributed by atoms with E-state index in [0.29, 0.717) is 4.24 Å². The summed E-state index contributed by atoms with van der Waals surface area (Å²) in [6, 6.07) is 1.90. The Hall–Kier alpha value is -0.860. The third kappa shape index (κ3) is 3.33. The van der Waals surface area contributed by atoms with Crippen LogP contribution >= 0.6 is 23.5 Å². The zero-order chi connectivity index (χ0) is 11.4. The Morgan fingerprint density at radius 3 is 2.67 bits per heavy atom. The van der Waals surface area contributed by atoms with Crippen LogP contribution in [-0.4, -0.2) is 12.1 Å². The number of esters is 1. The fourth-order valence-electron chi connectivity index (χ4n) is 0.888. The summed E-state index contributed by atoms with van der Waals surface area (Å²) in [4.78, 5) is 12.6. The lowest BCUT2D eigenvalue weighted by Crippen LogP contribution is -2.13. The lowest BCUT2D eigenvalue weighted by molar-refractivity contribution is -0.142. The minimum atomic E-state index is -0.536. The van der Waals surface area contributed by atoms with Crippen molar-refractivity contribution >= 4 is 29.5 Å². The average Bonchev–Trinajstić information content (AvgIpc) is 2.51. The fraction of sp³-hybridized carbons (Fsp3) is 0.400. The summed E-state index contributed by atoms with van der Waals surface area (Å²) >= 11 is 2.83. The smallest absolute Gasteiger partial charge is 0.350 e. The molecule has 0 atom stereocenters. The Balaban J connectivity index is 2.82. The fourth-order valence-corrected chi connectivity index (χ4v) is 3.00. The second kappa shape index (κ2) is 5.29. The Bertz CT molecular complexity index is 377. The molecule has 0 aromatic rings. The summed E-state index contributed by atoms with van der Waals surface area (Å²) in [5, 5.41) is 10.8. The van der Waals surface area contributed by atoms with Gasteiger partial charge in [-0.15, -0.1) is 0 Å². The van der Waals surface area contributed by atoms with Crippen LogP contribution in [0.5, 0.6) is 0 Å². The third-order valence-electron chi connectivity index (χ3n) is 1.45. The van der Waals surface area contributed by atoms with Gasteiger partial charge >= 0.3 is 5.97 Å². The normalized spacial score (nSPS) is 18.5. The van der Waals surface area contributed by atoms with Gasteiger partial charge in [0.05, 0.1) is 10.3 Å². The third-order valence-corrected chi connectivity index (χ3v) is 3.86. The summed E-state index contributed by atoms with van der Waals surface area (Å²) in [5.41, 5.74) is 0.104. The molecule has 0 spiro atoms. The molecule has 0 aromatic heterocycles. The van der Waals surface area contributed by atoms with Gasteiger partial charge in [-0.2, -0.15) is 5.26 Å². The lowest BCUT2D eigenvalue weighted by Gasteiger charge is -2.07. The Kier molecular flexibility index (Phi) is 4.30. The molecule has 1 aliphatic rings. The van der Waals surface area contributed by atoms with Crippen molar-refractivity contribution in [3.63, 3.8) is 0 Å². The van der Waals surface area contributed by atoms with Crippen molar-refractivity contribution < 1.29 is 9.53 Å². The highest BCUT2D eigenvalue weighted by Crippen LogP contribution is 2.45. The maximum Gasteiger partial charge on any atom is 0.350 e.